The molecule has 0 aliphatic heterocycles. The molecule has 4 aromatic rings. The summed E-state index contributed by atoms with van der Waals surface area (Å²) in [5.41, 5.74) is 2.16. The molecule has 28 heavy (non-hydrogen) atoms. The number of benzene rings is 1. The van der Waals surface area contributed by atoms with Crippen molar-refractivity contribution in [2.45, 2.75) is 10.8 Å². The van der Waals surface area contributed by atoms with Crippen molar-refractivity contribution in [3.05, 3.63) is 59.6 Å². The molecule has 0 fully saturated rings. The van der Waals surface area contributed by atoms with Gasteiger partial charge < -0.3 is 13.9 Å². The van der Waals surface area contributed by atoms with Crippen molar-refractivity contribution in [1.82, 2.24) is 9.97 Å². The maximum absolute atomic E-state index is 11.5. The van der Waals surface area contributed by atoms with Gasteiger partial charge in [-0.3, -0.25) is 0 Å². The predicted octanol–water partition coefficient (Wildman–Crippen LogP) is 5.04. The molecule has 0 aliphatic rings. The number of hydrogen-bond donors (Lipinski definition) is 0. The smallest absolute Gasteiger partial charge is 0.373 e. The van der Waals surface area contributed by atoms with E-state index in [1.165, 1.54) is 7.11 Å². The van der Waals surface area contributed by atoms with Gasteiger partial charge in [0.25, 0.3) is 0 Å². The standard InChI is InChI=1S/C20H16N2O4S2/c1-24-13-5-3-12(4-6-13)15-10-28-19-17(15)18(21-11-22-19)27-9-14-7-8-16(26-14)20(23)25-2/h3-8,10-11H,9H2,1-2H3. The van der Waals surface area contributed by atoms with Gasteiger partial charge in [-0.1, -0.05) is 23.9 Å². The molecule has 0 saturated heterocycles. The molecule has 0 unspecified atom stereocenters. The van der Waals surface area contributed by atoms with Crippen LogP contribution in [0, 0.1) is 0 Å². The molecule has 0 atom stereocenters. The Labute approximate surface area is 169 Å². The van der Waals surface area contributed by atoms with E-state index in [1.54, 1.807) is 48.7 Å². The number of carbonyl (C=O) groups is 1. The van der Waals surface area contributed by atoms with Gasteiger partial charge in [0.15, 0.2) is 0 Å². The average Bonchev–Trinajstić information content (AvgIpc) is 3.39. The molecule has 0 spiro atoms. The molecule has 8 heteroatoms. The van der Waals surface area contributed by atoms with E-state index >= 15 is 0 Å². The lowest BCUT2D eigenvalue weighted by Crippen LogP contribution is -1.98. The lowest BCUT2D eigenvalue weighted by molar-refractivity contribution is 0.0563. The fraction of sp³-hybridized carbons (Fsp3) is 0.150. The minimum Gasteiger partial charge on any atom is -0.497 e. The van der Waals surface area contributed by atoms with E-state index in [0.717, 1.165) is 32.1 Å². The Bertz CT molecular complexity index is 1120. The van der Waals surface area contributed by atoms with Crippen LogP contribution >= 0.6 is 23.1 Å². The molecule has 0 N–H and O–H groups in total. The van der Waals surface area contributed by atoms with Crippen LogP contribution in [-0.4, -0.2) is 30.2 Å². The molecule has 0 aliphatic carbocycles. The monoisotopic (exact) mass is 412 g/mol. The summed E-state index contributed by atoms with van der Waals surface area (Å²) in [7, 11) is 2.98. The third-order valence-electron chi connectivity index (χ3n) is 4.14. The third kappa shape index (κ3) is 3.61. The van der Waals surface area contributed by atoms with Crippen molar-refractivity contribution >= 4 is 39.3 Å². The highest BCUT2D eigenvalue weighted by molar-refractivity contribution is 7.98. The van der Waals surface area contributed by atoms with Crippen molar-refractivity contribution in [3.63, 3.8) is 0 Å². The van der Waals surface area contributed by atoms with Crippen LogP contribution < -0.4 is 4.74 Å². The van der Waals surface area contributed by atoms with Gasteiger partial charge in [-0.05, 0) is 29.8 Å². The number of hydrogen-bond acceptors (Lipinski definition) is 8. The molecule has 0 amide bonds. The fourth-order valence-electron chi connectivity index (χ4n) is 2.75. The number of rotatable bonds is 6. The fourth-order valence-corrected chi connectivity index (χ4v) is 4.63. The predicted molar refractivity (Wildman–Crippen MR) is 109 cm³/mol. The quantitative estimate of drug-likeness (QED) is 0.249. The molecule has 0 bridgehead atoms. The van der Waals surface area contributed by atoms with Gasteiger partial charge in [-0.25, -0.2) is 14.8 Å². The van der Waals surface area contributed by atoms with Crippen LogP contribution in [-0.2, 0) is 10.5 Å². The normalized spacial score (nSPS) is 10.9. The zero-order valence-corrected chi connectivity index (χ0v) is 16.8. The van der Waals surface area contributed by atoms with E-state index in [-0.39, 0.29) is 5.76 Å². The van der Waals surface area contributed by atoms with Crippen molar-refractivity contribution < 1.29 is 18.7 Å². The van der Waals surface area contributed by atoms with E-state index in [9.17, 15) is 4.79 Å². The van der Waals surface area contributed by atoms with Crippen molar-refractivity contribution in [1.29, 1.82) is 0 Å². The Morgan fingerprint density at radius 1 is 1.14 bits per heavy atom. The molecule has 1 aromatic carbocycles. The van der Waals surface area contributed by atoms with Crippen molar-refractivity contribution in [3.8, 4) is 16.9 Å². The van der Waals surface area contributed by atoms with E-state index < -0.39 is 5.97 Å². The number of aromatic nitrogens is 2. The number of esters is 1. The van der Waals surface area contributed by atoms with Gasteiger partial charge in [0, 0.05) is 10.9 Å². The second-order valence-electron chi connectivity index (χ2n) is 5.78. The molecule has 6 nitrogen and oxygen atoms in total. The Balaban J connectivity index is 1.63. The molecule has 4 rings (SSSR count). The van der Waals surface area contributed by atoms with Crippen LogP contribution in [0.15, 0.2) is 57.5 Å². The number of methoxy groups -OCH3 is 2. The Hall–Kier alpha value is -2.84. The van der Waals surface area contributed by atoms with E-state index in [4.69, 9.17) is 9.15 Å². The van der Waals surface area contributed by atoms with Crippen LogP contribution in [0.3, 0.4) is 0 Å². The summed E-state index contributed by atoms with van der Waals surface area (Å²) >= 11 is 3.13. The first-order valence-corrected chi connectivity index (χ1v) is 10.2. The van der Waals surface area contributed by atoms with Crippen LogP contribution in [0.5, 0.6) is 5.75 Å². The first-order valence-electron chi connectivity index (χ1n) is 8.36. The number of fused-ring (bicyclic) bond motifs is 1. The second-order valence-corrected chi connectivity index (χ2v) is 7.61. The van der Waals surface area contributed by atoms with Crippen molar-refractivity contribution in [2.75, 3.05) is 14.2 Å². The van der Waals surface area contributed by atoms with Crippen LogP contribution in [0.4, 0.5) is 0 Å². The van der Waals surface area contributed by atoms with E-state index in [2.05, 4.69) is 20.1 Å². The van der Waals surface area contributed by atoms with Gasteiger partial charge >= 0.3 is 5.97 Å². The Morgan fingerprint density at radius 3 is 2.71 bits per heavy atom. The first-order chi connectivity index (χ1) is 13.7. The summed E-state index contributed by atoms with van der Waals surface area (Å²) in [6, 6.07) is 11.3. The van der Waals surface area contributed by atoms with Crippen molar-refractivity contribution in [2.24, 2.45) is 0 Å². The highest BCUT2D eigenvalue weighted by Gasteiger charge is 2.16. The molecule has 3 aromatic heterocycles. The summed E-state index contributed by atoms with van der Waals surface area (Å²) in [6.45, 7) is 0. The maximum atomic E-state index is 11.5. The zero-order chi connectivity index (χ0) is 19.5. The third-order valence-corrected chi connectivity index (χ3v) is 6.03. The number of furan rings is 1. The topological polar surface area (TPSA) is 74.5 Å². The first kappa shape index (κ1) is 18.5. The van der Waals surface area contributed by atoms with Crippen LogP contribution in [0.25, 0.3) is 21.3 Å². The van der Waals surface area contributed by atoms with Gasteiger partial charge in [-0.2, -0.15) is 0 Å². The lowest BCUT2D eigenvalue weighted by Gasteiger charge is -2.05. The average molecular weight is 412 g/mol. The van der Waals surface area contributed by atoms with Gasteiger partial charge in [-0.15, -0.1) is 11.3 Å². The number of thiophene rings is 1. The lowest BCUT2D eigenvalue weighted by atomic mass is 10.1. The van der Waals surface area contributed by atoms with Crippen LogP contribution in [0.2, 0.25) is 0 Å². The van der Waals surface area contributed by atoms with Gasteiger partial charge in [0.2, 0.25) is 5.76 Å². The molecule has 142 valence electrons. The van der Waals surface area contributed by atoms with Gasteiger partial charge in [0.1, 0.15) is 27.7 Å². The summed E-state index contributed by atoms with van der Waals surface area (Å²) in [5, 5.41) is 3.98. The number of nitrogens with zero attached hydrogens (tertiary/aromatic N) is 2. The second kappa shape index (κ2) is 8.04. The van der Waals surface area contributed by atoms with Crippen LogP contribution in [0.1, 0.15) is 16.3 Å². The molecule has 0 saturated carbocycles. The number of thioether (sulfide) groups is 1. The largest absolute Gasteiger partial charge is 0.497 e. The molecular formula is C20H16N2O4S2. The Kier molecular flexibility index (Phi) is 5.31. The highest BCUT2D eigenvalue weighted by Crippen LogP contribution is 2.39. The van der Waals surface area contributed by atoms with E-state index in [0.29, 0.717) is 11.5 Å². The summed E-state index contributed by atoms with van der Waals surface area (Å²) in [4.78, 5) is 21.3. The highest BCUT2D eigenvalue weighted by atomic mass is 32.2. The minimum atomic E-state index is -0.486. The molecular weight excluding hydrogens is 396 g/mol. The minimum absolute atomic E-state index is 0.195. The Morgan fingerprint density at radius 2 is 1.96 bits per heavy atom. The van der Waals surface area contributed by atoms with E-state index in [1.807, 2.05) is 24.3 Å². The van der Waals surface area contributed by atoms with Gasteiger partial charge in [0.05, 0.1) is 25.4 Å². The molecule has 3 heterocycles. The maximum Gasteiger partial charge on any atom is 0.373 e. The number of carbonyl (C=O) groups excluding carboxylic acids is 1. The molecule has 0 radical (unpaired) electrons. The SMILES string of the molecule is COC(=O)c1ccc(CSc2ncnc3scc(-c4ccc(OC)cc4)c23)o1. The summed E-state index contributed by atoms with van der Waals surface area (Å²) in [6.07, 6.45) is 1.57. The summed E-state index contributed by atoms with van der Waals surface area (Å²) < 4.78 is 15.5. The summed E-state index contributed by atoms with van der Waals surface area (Å²) in [5.74, 6) is 1.74. The number of ether oxygens (including phenoxy) is 2. The zero-order valence-electron chi connectivity index (χ0n) is 15.2.